The summed E-state index contributed by atoms with van der Waals surface area (Å²) in [6.45, 7) is 5.93. The van der Waals surface area contributed by atoms with Gasteiger partial charge in [0.25, 0.3) is 0 Å². The van der Waals surface area contributed by atoms with E-state index in [0.717, 1.165) is 31.8 Å². The van der Waals surface area contributed by atoms with Crippen molar-refractivity contribution in [3.8, 4) is 0 Å². The number of carbonyl (C=O) groups is 1. The molecule has 6 heteroatoms. The summed E-state index contributed by atoms with van der Waals surface area (Å²) in [7, 11) is 0. The number of piperidine rings is 1. The molecule has 2 amide bonds. The van der Waals surface area contributed by atoms with Crippen LogP contribution < -0.4 is 5.32 Å². The van der Waals surface area contributed by atoms with Crippen molar-refractivity contribution in [3.63, 3.8) is 0 Å². The minimum absolute atomic E-state index is 0.0484. The molecule has 0 aliphatic carbocycles. The van der Waals surface area contributed by atoms with E-state index in [1.54, 1.807) is 6.92 Å². The van der Waals surface area contributed by atoms with Gasteiger partial charge in [0.2, 0.25) is 5.89 Å². The standard InChI is InChI=1S/C11H18N4O2/c1-8-3-5-15(6-4-8)11(16)12-7-10-13-9(2)14-17-10/h8H,3-7H2,1-2H3,(H,12,16). The van der Waals surface area contributed by atoms with Crippen molar-refractivity contribution in [1.82, 2.24) is 20.4 Å². The maximum Gasteiger partial charge on any atom is 0.317 e. The average molecular weight is 238 g/mol. The summed E-state index contributed by atoms with van der Waals surface area (Å²) >= 11 is 0. The van der Waals surface area contributed by atoms with Crippen LogP contribution in [0.4, 0.5) is 4.79 Å². The Morgan fingerprint density at radius 2 is 2.24 bits per heavy atom. The molecule has 0 aromatic carbocycles. The number of nitrogens with zero attached hydrogens (tertiary/aromatic N) is 3. The molecule has 0 atom stereocenters. The van der Waals surface area contributed by atoms with Crippen molar-refractivity contribution in [2.24, 2.45) is 5.92 Å². The van der Waals surface area contributed by atoms with Crippen LogP contribution in [0.2, 0.25) is 0 Å². The van der Waals surface area contributed by atoms with Crippen molar-refractivity contribution in [1.29, 1.82) is 0 Å². The van der Waals surface area contributed by atoms with Crippen LogP contribution >= 0.6 is 0 Å². The third kappa shape index (κ3) is 3.18. The average Bonchev–Trinajstić information content (AvgIpc) is 2.73. The smallest absolute Gasteiger partial charge is 0.317 e. The Balaban J connectivity index is 1.77. The summed E-state index contributed by atoms with van der Waals surface area (Å²) < 4.78 is 4.92. The molecule has 1 aliphatic rings. The minimum atomic E-state index is -0.0484. The van der Waals surface area contributed by atoms with Gasteiger partial charge in [-0.3, -0.25) is 0 Å². The first-order valence-electron chi connectivity index (χ1n) is 5.97. The monoisotopic (exact) mass is 238 g/mol. The summed E-state index contributed by atoms with van der Waals surface area (Å²) in [6.07, 6.45) is 2.15. The molecule has 2 heterocycles. The molecule has 0 unspecified atom stereocenters. The first-order chi connectivity index (χ1) is 8.15. The van der Waals surface area contributed by atoms with Gasteiger partial charge in [-0.1, -0.05) is 12.1 Å². The topological polar surface area (TPSA) is 71.3 Å². The fraction of sp³-hybridized carbons (Fsp3) is 0.727. The predicted molar refractivity (Wildman–Crippen MR) is 61.2 cm³/mol. The van der Waals surface area contributed by atoms with Gasteiger partial charge in [0.15, 0.2) is 5.82 Å². The number of likely N-dealkylation sites (tertiary alicyclic amines) is 1. The second kappa shape index (κ2) is 5.16. The molecule has 1 N–H and O–H groups in total. The quantitative estimate of drug-likeness (QED) is 0.843. The lowest BCUT2D eigenvalue weighted by molar-refractivity contribution is 0.172. The lowest BCUT2D eigenvalue weighted by atomic mass is 10.00. The van der Waals surface area contributed by atoms with Crippen LogP contribution in [0.3, 0.4) is 0 Å². The van der Waals surface area contributed by atoms with Crippen molar-refractivity contribution in [2.45, 2.75) is 33.2 Å². The summed E-state index contributed by atoms with van der Waals surface area (Å²) in [4.78, 5) is 17.7. The van der Waals surface area contributed by atoms with Gasteiger partial charge in [0.05, 0.1) is 6.54 Å². The SMILES string of the molecule is Cc1noc(CNC(=O)N2CCC(C)CC2)n1. The Morgan fingerprint density at radius 3 is 2.82 bits per heavy atom. The number of aromatic nitrogens is 2. The van der Waals surface area contributed by atoms with Gasteiger partial charge in [-0.15, -0.1) is 0 Å². The Bertz CT molecular complexity index is 383. The number of hydrogen-bond acceptors (Lipinski definition) is 4. The number of aryl methyl sites for hydroxylation is 1. The number of rotatable bonds is 2. The zero-order chi connectivity index (χ0) is 12.3. The van der Waals surface area contributed by atoms with E-state index in [0.29, 0.717) is 18.3 Å². The molecule has 0 spiro atoms. The lowest BCUT2D eigenvalue weighted by Gasteiger charge is -2.30. The highest BCUT2D eigenvalue weighted by atomic mass is 16.5. The second-order valence-corrected chi connectivity index (χ2v) is 4.56. The molecule has 1 aromatic rings. The van der Waals surface area contributed by atoms with Crippen LogP contribution in [0.25, 0.3) is 0 Å². The molecule has 2 rings (SSSR count). The minimum Gasteiger partial charge on any atom is -0.337 e. The number of amides is 2. The van der Waals surface area contributed by atoms with Gasteiger partial charge in [-0.05, 0) is 25.7 Å². The molecule has 1 aromatic heterocycles. The second-order valence-electron chi connectivity index (χ2n) is 4.56. The van der Waals surface area contributed by atoms with Gasteiger partial charge < -0.3 is 14.7 Å². The molecule has 6 nitrogen and oxygen atoms in total. The number of urea groups is 1. The lowest BCUT2D eigenvalue weighted by Crippen LogP contribution is -2.43. The highest BCUT2D eigenvalue weighted by Gasteiger charge is 2.20. The fourth-order valence-corrected chi connectivity index (χ4v) is 1.89. The molecular weight excluding hydrogens is 220 g/mol. The van der Waals surface area contributed by atoms with Crippen LogP contribution in [0, 0.1) is 12.8 Å². The van der Waals surface area contributed by atoms with Crippen molar-refractivity contribution in [3.05, 3.63) is 11.7 Å². The maximum absolute atomic E-state index is 11.8. The molecule has 1 fully saturated rings. The maximum atomic E-state index is 11.8. The summed E-state index contributed by atoms with van der Waals surface area (Å²) in [5.41, 5.74) is 0. The van der Waals surface area contributed by atoms with E-state index in [9.17, 15) is 4.79 Å². The summed E-state index contributed by atoms with van der Waals surface area (Å²) in [6, 6.07) is -0.0484. The van der Waals surface area contributed by atoms with E-state index < -0.39 is 0 Å². The summed E-state index contributed by atoms with van der Waals surface area (Å²) in [5, 5.41) is 6.45. The normalized spacial score (nSPS) is 17.2. The Kier molecular flexibility index (Phi) is 3.61. The largest absolute Gasteiger partial charge is 0.337 e. The highest BCUT2D eigenvalue weighted by molar-refractivity contribution is 5.74. The van der Waals surface area contributed by atoms with Crippen molar-refractivity contribution < 1.29 is 9.32 Å². The van der Waals surface area contributed by atoms with Crippen LogP contribution in [0.15, 0.2) is 4.52 Å². The van der Waals surface area contributed by atoms with Crippen LogP contribution in [0.1, 0.15) is 31.5 Å². The van der Waals surface area contributed by atoms with Gasteiger partial charge in [-0.25, -0.2) is 4.79 Å². The molecule has 0 bridgehead atoms. The fourth-order valence-electron chi connectivity index (χ4n) is 1.89. The zero-order valence-corrected chi connectivity index (χ0v) is 10.3. The van der Waals surface area contributed by atoms with E-state index in [1.165, 1.54) is 0 Å². The van der Waals surface area contributed by atoms with Gasteiger partial charge in [0, 0.05) is 13.1 Å². The first kappa shape index (κ1) is 11.9. The molecule has 17 heavy (non-hydrogen) atoms. The third-order valence-corrected chi connectivity index (χ3v) is 3.03. The highest BCUT2D eigenvalue weighted by Crippen LogP contribution is 2.15. The Morgan fingerprint density at radius 1 is 1.53 bits per heavy atom. The Labute approximate surface area is 100 Å². The van der Waals surface area contributed by atoms with E-state index in [2.05, 4.69) is 22.4 Å². The van der Waals surface area contributed by atoms with E-state index in [4.69, 9.17) is 4.52 Å². The number of nitrogens with one attached hydrogen (secondary N) is 1. The predicted octanol–water partition coefficient (Wildman–Crippen LogP) is 1.32. The molecule has 94 valence electrons. The first-order valence-corrected chi connectivity index (χ1v) is 5.97. The van der Waals surface area contributed by atoms with Crippen LogP contribution in [0.5, 0.6) is 0 Å². The third-order valence-electron chi connectivity index (χ3n) is 3.03. The zero-order valence-electron chi connectivity index (χ0n) is 10.3. The van der Waals surface area contributed by atoms with Crippen molar-refractivity contribution in [2.75, 3.05) is 13.1 Å². The van der Waals surface area contributed by atoms with E-state index >= 15 is 0 Å². The molecule has 0 saturated carbocycles. The number of carbonyl (C=O) groups excluding carboxylic acids is 1. The van der Waals surface area contributed by atoms with Crippen molar-refractivity contribution >= 4 is 6.03 Å². The molecule has 0 radical (unpaired) electrons. The number of hydrogen-bond donors (Lipinski definition) is 1. The van der Waals surface area contributed by atoms with E-state index in [-0.39, 0.29) is 6.03 Å². The molecule has 1 aliphatic heterocycles. The molecule has 1 saturated heterocycles. The molecular formula is C11H18N4O2. The summed E-state index contributed by atoms with van der Waals surface area (Å²) in [5.74, 6) is 1.75. The van der Waals surface area contributed by atoms with Gasteiger partial charge in [0.1, 0.15) is 0 Å². The Hall–Kier alpha value is -1.59. The van der Waals surface area contributed by atoms with Gasteiger partial charge in [-0.2, -0.15) is 4.98 Å². The van der Waals surface area contributed by atoms with Crippen LogP contribution in [-0.2, 0) is 6.54 Å². The van der Waals surface area contributed by atoms with Crippen LogP contribution in [-0.4, -0.2) is 34.2 Å². The van der Waals surface area contributed by atoms with Gasteiger partial charge >= 0.3 is 6.03 Å². The van der Waals surface area contributed by atoms with E-state index in [1.807, 2.05) is 4.90 Å².